The lowest BCUT2D eigenvalue weighted by Gasteiger charge is -2.00. The molecule has 3 aromatic rings. The molecule has 108 valence electrons. The number of hydrogen-bond donors (Lipinski definition) is 0. The summed E-state index contributed by atoms with van der Waals surface area (Å²) in [5.74, 6) is 12.5. The molecule has 0 bridgehead atoms. The lowest BCUT2D eigenvalue weighted by atomic mass is 10.0. The third-order valence-electron chi connectivity index (χ3n) is 3.31. The maximum Gasteiger partial charge on any atom is 0.113 e. The van der Waals surface area contributed by atoms with Crippen molar-refractivity contribution in [2.75, 3.05) is 0 Å². The molecule has 2 heteroatoms. The SMILES string of the molecule is Cc1c(C#Cc2ccccn2)cccc1C#Cc1ccccn1. The van der Waals surface area contributed by atoms with E-state index in [2.05, 4.69) is 33.6 Å². The van der Waals surface area contributed by atoms with Crippen LogP contribution in [0.25, 0.3) is 0 Å². The Morgan fingerprint density at radius 1 is 0.609 bits per heavy atom. The summed E-state index contributed by atoms with van der Waals surface area (Å²) in [6.07, 6.45) is 3.48. The molecule has 2 nitrogen and oxygen atoms in total. The molecule has 0 radical (unpaired) electrons. The number of rotatable bonds is 0. The van der Waals surface area contributed by atoms with Gasteiger partial charge in [-0.3, -0.25) is 0 Å². The Morgan fingerprint density at radius 3 is 1.57 bits per heavy atom. The molecule has 0 aliphatic carbocycles. The first-order chi connectivity index (χ1) is 11.3. The first kappa shape index (κ1) is 14.6. The van der Waals surface area contributed by atoms with E-state index >= 15 is 0 Å². The fraction of sp³-hybridized carbons (Fsp3) is 0.0476. The smallest absolute Gasteiger partial charge is 0.113 e. The molecule has 0 unspecified atom stereocenters. The van der Waals surface area contributed by atoms with Gasteiger partial charge in [0.25, 0.3) is 0 Å². The number of hydrogen-bond acceptors (Lipinski definition) is 2. The van der Waals surface area contributed by atoms with Crippen LogP contribution in [-0.2, 0) is 0 Å². The monoisotopic (exact) mass is 294 g/mol. The van der Waals surface area contributed by atoms with Crippen LogP contribution in [0.4, 0.5) is 0 Å². The Morgan fingerprint density at radius 2 is 1.13 bits per heavy atom. The fourth-order valence-corrected chi connectivity index (χ4v) is 2.04. The highest BCUT2D eigenvalue weighted by Crippen LogP contribution is 2.12. The van der Waals surface area contributed by atoms with Crippen molar-refractivity contribution in [3.8, 4) is 23.7 Å². The van der Waals surface area contributed by atoms with Crippen molar-refractivity contribution in [3.05, 3.63) is 95.1 Å². The predicted octanol–water partition coefficient (Wildman–Crippen LogP) is 3.58. The van der Waals surface area contributed by atoms with Crippen molar-refractivity contribution in [1.82, 2.24) is 9.97 Å². The molecule has 0 N–H and O–H groups in total. The average molecular weight is 294 g/mol. The topological polar surface area (TPSA) is 25.8 Å². The van der Waals surface area contributed by atoms with Gasteiger partial charge in [0.05, 0.1) is 0 Å². The zero-order chi connectivity index (χ0) is 15.9. The van der Waals surface area contributed by atoms with Gasteiger partial charge in [-0.05, 0) is 60.7 Å². The standard InChI is InChI=1S/C21H14N2/c1-17-18(11-13-20-9-2-4-15-22-20)7-6-8-19(17)12-14-21-10-3-5-16-23-21/h2-10,15-16H,1H3. The molecule has 0 aliphatic heterocycles. The van der Waals surface area contributed by atoms with Crippen LogP contribution in [0.2, 0.25) is 0 Å². The molecule has 0 atom stereocenters. The van der Waals surface area contributed by atoms with Gasteiger partial charge in [0.15, 0.2) is 0 Å². The molecule has 0 aliphatic rings. The second-order valence-corrected chi connectivity index (χ2v) is 4.91. The molecular formula is C21H14N2. The Balaban J connectivity index is 1.91. The quantitative estimate of drug-likeness (QED) is 0.592. The van der Waals surface area contributed by atoms with Crippen LogP contribution in [0.5, 0.6) is 0 Å². The number of aromatic nitrogens is 2. The number of nitrogens with zero attached hydrogens (tertiary/aromatic N) is 2. The Kier molecular flexibility index (Phi) is 4.48. The number of benzene rings is 1. The molecule has 0 saturated carbocycles. The number of pyridine rings is 2. The fourth-order valence-electron chi connectivity index (χ4n) is 2.04. The van der Waals surface area contributed by atoms with E-state index in [4.69, 9.17) is 0 Å². The summed E-state index contributed by atoms with van der Waals surface area (Å²) in [6, 6.07) is 17.4. The van der Waals surface area contributed by atoms with Crippen LogP contribution in [0, 0.1) is 30.6 Å². The van der Waals surface area contributed by atoms with Crippen molar-refractivity contribution in [2.45, 2.75) is 6.92 Å². The van der Waals surface area contributed by atoms with Gasteiger partial charge in [0.2, 0.25) is 0 Å². The summed E-state index contributed by atoms with van der Waals surface area (Å²) in [4.78, 5) is 8.42. The highest BCUT2D eigenvalue weighted by atomic mass is 14.6. The van der Waals surface area contributed by atoms with Gasteiger partial charge >= 0.3 is 0 Å². The van der Waals surface area contributed by atoms with Crippen molar-refractivity contribution < 1.29 is 0 Å². The lowest BCUT2D eigenvalue weighted by molar-refractivity contribution is 1.29. The maximum absolute atomic E-state index is 4.21. The van der Waals surface area contributed by atoms with Gasteiger partial charge < -0.3 is 0 Å². The van der Waals surface area contributed by atoms with Crippen LogP contribution < -0.4 is 0 Å². The Hall–Kier alpha value is -3.36. The van der Waals surface area contributed by atoms with Gasteiger partial charge in [-0.25, -0.2) is 9.97 Å². The van der Waals surface area contributed by atoms with Crippen LogP contribution >= 0.6 is 0 Å². The zero-order valence-electron chi connectivity index (χ0n) is 12.7. The van der Waals surface area contributed by atoms with Crippen molar-refractivity contribution in [2.24, 2.45) is 0 Å². The largest absolute Gasteiger partial charge is 0.248 e. The zero-order valence-corrected chi connectivity index (χ0v) is 12.7. The predicted molar refractivity (Wildman–Crippen MR) is 91.6 cm³/mol. The summed E-state index contributed by atoms with van der Waals surface area (Å²) >= 11 is 0. The van der Waals surface area contributed by atoms with Crippen LogP contribution in [-0.4, -0.2) is 9.97 Å². The summed E-state index contributed by atoms with van der Waals surface area (Å²) in [5.41, 5.74) is 4.51. The Labute approximate surface area is 136 Å². The van der Waals surface area contributed by atoms with Gasteiger partial charge in [-0.2, -0.15) is 0 Å². The minimum Gasteiger partial charge on any atom is -0.248 e. The van der Waals surface area contributed by atoms with E-state index in [1.54, 1.807) is 12.4 Å². The summed E-state index contributed by atoms with van der Waals surface area (Å²) in [5, 5.41) is 0. The average Bonchev–Trinajstić information content (AvgIpc) is 2.61. The highest BCUT2D eigenvalue weighted by Gasteiger charge is 1.99. The molecule has 1 aromatic carbocycles. The maximum atomic E-state index is 4.21. The van der Waals surface area contributed by atoms with E-state index in [9.17, 15) is 0 Å². The van der Waals surface area contributed by atoms with Gasteiger partial charge in [-0.1, -0.05) is 30.0 Å². The molecule has 2 aromatic heterocycles. The van der Waals surface area contributed by atoms with Crippen LogP contribution in [0.3, 0.4) is 0 Å². The van der Waals surface area contributed by atoms with E-state index in [1.165, 1.54) is 0 Å². The molecule has 0 fully saturated rings. The lowest BCUT2D eigenvalue weighted by Crippen LogP contribution is -1.89. The van der Waals surface area contributed by atoms with E-state index in [0.717, 1.165) is 28.1 Å². The van der Waals surface area contributed by atoms with Crippen molar-refractivity contribution in [1.29, 1.82) is 0 Å². The van der Waals surface area contributed by atoms with E-state index in [0.29, 0.717) is 0 Å². The van der Waals surface area contributed by atoms with Crippen molar-refractivity contribution >= 4 is 0 Å². The molecular weight excluding hydrogens is 280 g/mol. The summed E-state index contributed by atoms with van der Waals surface area (Å²) in [7, 11) is 0. The summed E-state index contributed by atoms with van der Waals surface area (Å²) < 4.78 is 0. The molecule has 0 amide bonds. The van der Waals surface area contributed by atoms with Gasteiger partial charge in [0.1, 0.15) is 11.4 Å². The van der Waals surface area contributed by atoms with E-state index < -0.39 is 0 Å². The van der Waals surface area contributed by atoms with Gasteiger partial charge in [0, 0.05) is 23.5 Å². The van der Waals surface area contributed by atoms with Crippen molar-refractivity contribution in [3.63, 3.8) is 0 Å². The van der Waals surface area contributed by atoms with Gasteiger partial charge in [-0.15, -0.1) is 0 Å². The van der Waals surface area contributed by atoms with Crippen LogP contribution in [0.1, 0.15) is 28.1 Å². The van der Waals surface area contributed by atoms with E-state index in [1.807, 2.05) is 61.5 Å². The summed E-state index contributed by atoms with van der Waals surface area (Å²) in [6.45, 7) is 2.03. The third-order valence-corrected chi connectivity index (χ3v) is 3.31. The normalized spacial score (nSPS) is 9.26. The second kappa shape index (κ2) is 7.07. The molecule has 0 spiro atoms. The highest BCUT2D eigenvalue weighted by molar-refractivity contribution is 5.53. The second-order valence-electron chi connectivity index (χ2n) is 4.91. The first-order valence-electron chi connectivity index (χ1n) is 7.28. The Bertz CT molecular complexity index is 846. The minimum absolute atomic E-state index is 0.761. The molecule has 0 saturated heterocycles. The third kappa shape index (κ3) is 3.84. The van der Waals surface area contributed by atoms with Crippen LogP contribution in [0.15, 0.2) is 67.0 Å². The molecule has 3 rings (SSSR count). The molecule has 2 heterocycles. The first-order valence-corrected chi connectivity index (χ1v) is 7.28. The van der Waals surface area contributed by atoms with E-state index in [-0.39, 0.29) is 0 Å². The minimum atomic E-state index is 0.761. The molecule has 23 heavy (non-hydrogen) atoms.